The van der Waals surface area contributed by atoms with Crippen LogP contribution >= 0.6 is 23.4 Å². The third-order valence-electron chi connectivity index (χ3n) is 4.72. The monoisotopic (exact) mass is 489 g/mol. The standard InChI is InChI=1S/C22H17ClFN3O3S2/c1-31-16-6-4-5-15(12-16)25-21(28)13-27-26-22(17-7-2-3-8-19(17)24)18-11-14(23)9-10-20(18)32(27,29)30/h2-12H,13H2,1H3,(H,25,28). The Morgan fingerprint density at radius 2 is 1.88 bits per heavy atom. The number of thioether (sulfide) groups is 1. The van der Waals surface area contributed by atoms with Gasteiger partial charge in [0, 0.05) is 26.7 Å². The molecular weight excluding hydrogens is 473 g/mol. The molecule has 1 N–H and O–H groups in total. The van der Waals surface area contributed by atoms with Crippen molar-refractivity contribution in [2.45, 2.75) is 9.79 Å². The van der Waals surface area contributed by atoms with Crippen molar-refractivity contribution in [1.82, 2.24) is 4.41 Å². The molecule has 32 heavy (non-hydrogen) atoms. The van der Waals surface area contributed by atoms with E-state index >= 15 is 0 Å². The Labute approximate surface area is 194 Å². The number of hydrazone groups is 1. The zero-order valence-electron chi connectivity index (χ0n) is 16.7. The van der Waals surface area contributed by atoms with Crippen LogP contribution in [0.15, 0.2) is 81.6 Å². The Morgan fingerprint density at radius 1 is 1.09 bits per heavy atom. The van der Waals surface area contributed by atoms with Crippen LogP contribution in [0.5, 0.6) is 0 Å². The highest BCUT2D eigenvalue weighted by molar-refractivity contribution is 7.98. The van der Waals surface area contributed by atoms with Crippen molar-refractivity contribution in [2.75, 3.05) is 18.1 Å². The summed E-state index contributed by atoms with van der Waals surface area (Å²) < 4.78 is 41.6. The molecule has 0 unspecified atom stereocenters. The van der Waals surface area contributed by atoms with Gasteiger partial charge in [-0.05, 0) is 54.8 Å². The first-order chi connectivity index (χ1) is 15.3. The zero-order valence-corrected chi connectivity index (χ0v) is 19.1. The Bertz CT molecular complexity index is 1350. The van der Waals surface area contributed by atoms with Crippen LogP contribution in [0.4, 0.5) is 10.1 Å². The number of hydrogen-bond acceptors (Lipinski definition) is 5. The lowest BCUT2D eigenvalue weighted by Crippen LogP contribution is -2.38. The number of nitrogens with one attached hydrogen (secondary N) is 1. The maximum Gasteiger partial charge on any atom is 0.280 e. The van der Waals surface area contributed by atoms with Gasteiger partial charge in [-0.25, -0.2) is 4.39 Å². The van der Waals surface area contributed by atoms with Gasteiger partial charge >= 0.3 is 0 Å². The number of halogens is 2. The maximum atomic E-state index is 14.5. The lowest BCUT2D eigenvalue weighted by Gasteiger charge is -2.27. The maximum absolute atomic E-state index is 14.5. The molecule has 3 aromatic rings. The summed E-state index contributed by atoms with van der Waals surface area (Å²) >= 11 is 7.59. The average molecular weight is 490 g/mol. The molecule has 0 spiro atoms. The highest BCUT2D eigenvalue weighted by Crippen LogP contribution is 2.31. The highest BCUT2D eigenvalue weighted by Gasteiger charge is 2.35. The van der Waals surface area contributed by atoms with Crippen LogP contribution in [-0.4, -0.2) is 37.3 Å². The minimum atomic E-state index is -4.15. The molecule has 10 heteroatoms. The van der Waals surface area contributed by atoms with Crippen LogP contribution in [0.2, 0.25) is 5.02 Å². The van der Waals surface area contributed by atoms with E-state index in [1.54, 1.807) is 24.3 Å². The topological polar surface area (TPSA) is 78.8 Å². The Hall–Kier alpha value is -2.88. The van der Waals surface area contributed by atoms with E-state index in [2.05, 4.69) is 10.4 Å². The second kappa shape index (κ2) is 8.93. The van der Waals surface area contributed by atoms with Gasteiger partial charge in [-0.2, -0.15) is 17.9 Å². The summed E-state index contributed by atoms with van der Waals surface area (Å²) in [7, 11) is -4.15. The van der Waals surface area contributed by atoms with Crippen molar-refractivity contribution in [1.29, 1.82) is 0 Å². The molecule has 0 saturated carbocycles. The zero-order chi connectivity index (χ0) is 22.9. The van der Waals surface area contributed by atoms with Gasteiger partial charge in [-0.1, -0.05) is 29.8 Å². The third kappa shape index (κ3) is 4.36. The molecule has 4 rings (SSSR count). The van der Waals surface area contributed by atoms with E-state index in [1.807, 2.05) is 12.3 Å². The van der Waals surface area contributed by atoms with Crippen LogP contribution in [0, 0.1) is 5.82 Å². The lowest BCUT2D eigenvalue weighted by molar-refractivity contribution is -0.116. The molecule has 0 bridgehead atoms. The fraction of sp³-hybridized carbons (Fsp3) is 0.0909. The second-order valence-corrected chi connectivity index (χ2v) is 9.96. The largest absolute Gasteiger partial charge is 0.324 e. The second-order valence-electron chi connectivity index (χ2n) is 6.83. The number of fused-ring (bicyclic) bond motifs is 1. The van der Waals surface area contributed by atoms with Gasteiger partial charge in [-0.3, -0.25) is 4.79 Å². The van der Waals surface area contributed by atoms with E-state index in [9.17, 15) is 17.6 Å². The summed E-state index contributed by atoms with van der Waals surface area (Å²) in [6.07, 6.45) is 1.91. The van der Waals surface area contributed by atoms with Crippen LogP contribution in [0.25, 0.3) is 0 Å². The van der Waals surface area contributed by atoms with Crippen molar-refractivity contribution in [3.63, 3.8) is 0 Å². The molecule has 0 aromatic heterocycles. The highest BCUT2D eigenvalue weighted by atomic mass is 35.5. The van der Waals surface area contributed by atoms with E-state index in [0.717, 1.165) is 4.90 Å². The van der Waals surface area contributed by atoms with Crippen LogP contribution in [0.1, 0.15) is 11.1 Å². The van der Waals surface area contributed by atoms with Gasteiger partial charge < -0.3 is 5.32 Å². The minimum Gasteiger partial charge on any atom is -0.324 e. The summed E-state index contributed by atoms with van der Waals surface area (Å²) in [5.74, 6) is -1.16. The Balaban J connectivity index is 1.73. The molecule has 1 heterocycles. The fourth-order valence-electron chi connectivity index (χ4n) is 3.24. The van der Waals surface area contributed by atoms with Crippen molar-refractivity contribution in [3.8, 4) is 0 Å². The van der Waals surface area contributed by atoms with Gasteiger partial charge in [-0.15, -0.1) is 11.8 Å². The molecule has 1 aliphatic rings. The summed E-state index contributed by atoms with van der Waals surface area (Å²) in [5.41, 5.74) is 0.880. The van der Waals surface area contributed by atoms with Crippen molar-refractivity contribution >= 4 is 50.7 Å². The predicted octanol–water partition coefficient (Wildman–Crippen LogP) is 4.60. The van der Waals surface area contributed by atoms with Gasteiger partial charge in [0.1, 0.15) is 18.1 Å². The first-order valence-electron chi connectivity index (χ1n) is 9.39. The summed E-state index contributed by atoms with van der Waals surface area (Å²) in [6.45, 7) is -0.578. The molecule has 0 aliphatic carbocycles. The molecule has 3 aromatic carbocycles. The van der Waals surface area contributed by atoms with E-state index in [0.29, 0.717) is 10.1 Å². The Morgan fingerprint density at radius 3 is 2.62 bits per heavy atom. The minimum absolute atomic E-state index is 0.0765. The number of sulfonamides is 1. The first kappa shape index (κ1) is 22.3. The Kier molecular flexibility index (Phi) is 6.23. The SMILES string of the molecule is CSc1cccc(NC(=O)CN2N=C(c3ccccc3F)c3cc(Cl)ccc3S2(=O)=O)c1. The van der Waals surface area contributed by atoms with E-state index in [-0.39, 0.29) is 26.8 Å². The molecule has 1 amide bonds. The molecule has 0 radical (unpaired) electrons. The number of amides is 1. The fourth-order valence-corrected chi connectivity index (χ4v) is 5.25. The predicted molar refractivity (Wildman–Crippen MR) is 124 cm³/mol. The van der Waals surface area contributed by atoms with Crippen molar-refractivity contribution in [3.05, 3.63) is 88.7 Å². The van der Waals surface area contributed by atoms with Gasteiger partial charge in [0.25, 0.3) is 10.0 Å². The van der Waals surface area contributed by atoms with E-state index in [1.165, 1.54) is 48.2 Å². The number of carbonyl (C=O) groups excluding carboxylic acids is 1. The molecule has 0 fully saturated rings. The summed E-state index contributed by atoms with van der Waals surface area (Å²) in [4.78, 5) is 13.5. The summed E-state index contributed by atoms with van der Waals surface area (Å²) in [5, 5.41) is 7.12. The average Bonchev–Trinajstić information content (AvgIpc) is 2.76. The van der Waals surface area contributed by atoms with Crippen LogP contribution in [-0.2, 0) is 14.8 Å². The van der Waals surface area contributed by atoms with Crippen LogP contribution < -0.4 is 5.32 Å². The van der Waals surface area contributed by atoms with E-state index in [4.69, 9.17) is 11.6 Å². The molecular formula is C22H17ClFN3O3S2. The number of carbonyl (C=O) groups is 1. The van der Waals surface area contributed by atoms with Gasteiger partial charge in [0.2, 0.25) is 5.91 Å². The van der Waals surface area contributed by atoms with Gasteiger partial charge in [0.05, 0.1) is 4.90 Å². The normalized spacial score (nSPS) is 14.5. The summed E-state index contributed by atoms with van der Waals surface area (Å²) in [6, 6.07) is 17.2. The first-order valence-corrected chi connectivity index (χ1v) is 12.4. The van der Waals surface area contributed by atoms with Crippen LogP contribution in [0.3, 0.4) is 0 Å². The quantitative estimate of drug-likeness (QED) is 0.531. The lowest BCUT2D eigenvalue weighted by atomic mass is 10.0. The third-order valence-corrected chi connectivity index (χ3v) is 7.36. The number of hydrogen-bond donors (Lipinski definition) is 1. The smallest absolute Gasteiger partial charge is 0.280 e. The number of benzene rings is 3. The van der Waals surface area contributed by atoms with Gasteiger partial charge in [0.15, 0.2) is 0 Å². The molecule has 1 aliphatic heterocycles. The number of anilines is 1. The van der Waals surface area contributed by atoms with E-state index < -0.39 is 28.3 Å². The molecule has 6 nitrogen and oxygen atoms in total. The van der Waals surface area contributed by atoms with Crippen molar-refractivity contribution in [2.24, 2.45) is 5.10 Å². The molecule has 0 saturated heterocycles. The molecule has 0 atom stereocenters. The van der Waals surface area contributed by atoms with Crippen molar-refractivity contribution < 1.29 is 17.6 Å². The number of rotatable bonds is 5. The molecule has 164 valence electrons. The number of nitrogens with zero attached hydrogens (tertiary/aromatic N) is 2.